The Kier molecular flexibility index (Phi) is 3.79. The Morgan fingerprint density at radius 2 is 2.05 bits per heavy atom. The van der Waals surface area contributed by atoms with E-state index in [-0.39, 0.29) is 22.3 Å². The van der Waals surface area contributed by atoms with Crippen LogP contribution in [-0.2, 0) is 16.6 Å². The molecule has 1 heterocycles. The first-order valence-corrected chi connectivity index (χ1v) is 7.05. The molecule has 8 heteroatoms. The Hall–Kier alpha value is -1.57. The van der Waals surface area contributed by atoms with E-state index in [0.29, 0.717) is 5.76 Å². The van der Waals surface area contributed by atoms with Crippen LogP contribution in [0.25, 0.3) is 0 Å². The van der Waals surface area contributed by atoms with Crippen LogP contribution in [0.15, 0.2) is 39.8 Å². The average molecular weight is 305 g/mol. The van der Waals surface area contributed by atoms with Gasteiger partial charge in [0.15, 0.2) is 0 Å². The van der Waals surface area contributed by atoms with E-state index >= 15 is 0 Å². The minimum atomic E-state index is -3.99. The van der Waals surface area contributed by atoms with Gasteiger partial charge in [-0.2, -0.15) is 8.42 Å². The number of rotatable bonds is 4. The van der Waals surface area contributed by atoms with Crippen LogP contribution < -0.4 is 10.5 Å². The third kappa shape index (κ3) is 3.06. The second kappa shape index (κ2) is 5.20. The van der Waals surface area contributed by atoms with Crippen molar-refractivity contribution >= 4 is 27.3 Å². The van der Waals surface area contributed by atoms with Gasteiger partial charge in [0.2, 0.25) is 5.09 Å². The maximum absolute atomic E-state index is 13.5. The van der Waals surface area contributed by atoms with E-state index in [9.17, 15) is 12.8 Å². The van der Waals surface area contributed by atoms with Crippen molar-refractivity contribution in [1.82, 2.24) is 0 Å². The standard InChI is InChI=1S/C11H10ClFN2O3S/c12-7-1-3-10(9(13)5-7)15-19(16,17)11-4-2-8(6-14)18-11/h1-5,15H,6,14H2. The summed E-state index contributed by atoms with van der Waals surface area (Å²) in [6.45, 7) is 0.0742. The van der Waals surface area contributed by atoms with E-state index in [1.54, 1.807) is 0 Å². The maximum atomic E-state index is 13.5. The van der Waals surface area contributed by atoms with Crippen LogP contribution in [0.3, 0.4) is 0 Å². The number of anilines is 1. The van der Waals surface area contributed by atoms with Gasteiger partial charge < -0.3 is 10.2 Å². The van der Waals surface area contributed by atoms with Gasteiger partial charge in [-0.1, -0.05) is 11.6 Å². The predicted octanol–water partition coefficient (Wildman–Crippen LogP) is 2.33. The van der Waals surface area contributed by atoms with E-state index in [0.717, 1.165) is 6.07 Å². The van der Waals surface area contributed by atoms with Crippen molar-refractivity contribution in [2.24, 2.45) is 5.73 Å². The number of sulfonamides is 1. The van der Waals surface area contributed by atoms with Gasteiger partial charge in [0.25, 0.3) is 10.0 Å². The quantitative estimate of drug-likeness (QED) is 0.908. The zero-order valence-corrected chi connectivity index (χ0v) is 11.1. The van der Waals surface area contributed by atoms with Crippen molar-refractivity contribution in [3.63, 3.8) is 0 Å². The summed E-state index contributed by atoms with van der Waals surface area (Å²) in [6.07, 6.45) is 0. The van der Waals surface area contributed by atoms with Gasteiger partial charge in [-0.3, -0.25) is 4.72 Å². The topological polar surface area (TPSA) is 85.3 Å². The number of nitrogens with one attached hydrogen (secondary N) is 1. The van der Waals surface area contributed by atoms with Crippen LogP contribution in [0.1, 0.15) is 5.76 Å². The number of furan rings is 1. The Balaban J connectivity index is 2.30. The molecule has 0 saturated heterocycles. The van der Waals surface area contributed by atoms with Gasteiger partial charge in [-0.25, -0.2) is 4.39 Å². The van der Waals surface area contributed by atoms with Crippen LogP contribution in [0.5, 0.6) is 0 Å². The van der Waals surface area contributed by atoms with E-state index in [2.05, 4.69) is 4.72 Å². The molecule has 0 aliphatic rings. The molecule has 0 spiro atoms. The van der Waals surface area contributed by atoms with Gasteiger partial charge in [0, 0.05) is 5.02 Å². The normalized spacial score (nSPS) is 11.5. The van der Waals surface area contributed by atoms with E-state index < -0.39 is 15.8 Å². The summed E-state index contributed by atoms with van der Waals surface area (Å²) < 4.78 is 44.4. The molecule has 2 rings (SSSR count). The summed E-state index contributed by atoms with van der Waals surface area (Å²) >= 11 is 5.58. The Bertz CT molecular complexity index is 700. The van der Waals surface area contributed by atoms with Gasteiger partial charge in [0.1, 0.15) is 11.6 Å². The maximum Gasteiger partial charge on any atom is 0.295 e. The second-order valence-electron chi connectivity index (χ2n) is 3.65. The molecule has 2 aromatic rings. The van der Waals surface area contributed by atoms with Crippen molar-refractivity contribution in [2.45, 2.75) is 11.6 Å². The van der Waals surface area contributed by atoms with Crippen LogP contribution in [0.4, 0.5) is 10.1 Å². The SMILES string of the molecule is NCc1ccc(S(=O)(=O)Nc2ccc(Cl)cc2F)o1. The Morgan fingerprint density at radius 3 is 2.63 bits per heavy atom. The fourth-order valence-electron chi connectivity index (χ4n) is 1.38. The number of nitrogens with two attached hydrogens (primary N) is 1. The molecule has 0 atom stereocenters. The van der Waals surface area contributed by atoms with E-state index in [1.165, 1.54) is 24.3 Å². The highest BCUT2D eigenvalue weighted by atomic mass is 35.5. The Labute approximate surface area is 114 Å². The number of hydrogen-bond donors (Lipinski definition) is 2. The molecule has 0 bridgehead atoms. The first-order valence-electron chi connectivity index (χ1n) is 5.19. The first kappa shape index (κ1) is 13.9. The lowest BCUT2D eigenvalue weighted by Crippen LogP contribution is -2.13. The summed E-state index contributed by atoms with van der Waals surface area (Å²) in [7, 11) is -3.99. The molecule has 5 nitrogen and oxygen atoms in total. The highest BCUT2D eigenvalue weighted by Gasteiger charge is 2.20. The minimum absolute atomic E-state index is 0.0742. The van der Waals surface area contributed by atoms with Crippen molar-refractivity contribution < 1.29 is 17.2 Å². The van der Waals surface area contributed by atoms with Gasteiger partial charge >= 0.3 is 0 Å². The van der Waals surface area contributed by atoms with Crippen LogP contribution in [0.2, 0.25) is 5.02 Å². The summed E-state index contributed by atoms with van der Waals surface area (Å²) in [5, 5.41) is -0.161. The van der Waals surface area contributed by atoms with Gasteiger partial charge in [-0.15, -0.1) is 0 Å². The van der Waals surface area contributed by atoms with Gasteiger partial charge in [0.05, 0.1) is 12.2 Å². The highest BCUT2D eigenvalue weighted by molar-refractivity contribution is 7.92. The summed E-state index contributed by atoms with van der Waals surface area (Å²) in [5.41, 5.74) is 5.10. The molecule has 1 aromatic carbocycles. The van der Waals surface area contributed by atoms with Gasteiger partial charge in [-0.05, 0) is 30.3 Å². The summed E-state index contributed by atoms with van der Waals surface area (Å²) in [6, 6.07) is 6.29. The second-order valence-corrected chi connectivity index (χ2v) is 5.70. The van der Waals surface area contributed by atoms with Crippen molar-refractivity contribution in [1.29, 1.82) is 0 Å². The monoisotopic (exact) mass is 304 g/mol. The van der Waals surface area contributed by atoms with Crippen molar-refractivity contribution in [3.8, 4) is 0 Å². The molecule has 0 aliphatic heterocycles. The number of benzene rings is 1. The largest absolute Gasteiger partial charge is 0.446 e. The predicted molar refractivity (Wildman–Crippen MR) is 68.8 cm³/mol. The molecule has 3 N–H and O–H groups in total. The van der Waals surface area contributed by atoms with Crippen LogP contribution >= 0.6 is 11.6 Å². The minimum Gasteiger partial charge on any atom is -0.446 e. The molecule has 0 amide bonds. The number of halogens is 2. The first-order chi connectivity index (χ1) is 8.92. The van der Waals surface area contributed by atoms with E-state index in [1.807, 2.05) is 0 Å². The lowest BCUT2D eigenvalue weighted by molar-refractivity contribution is 0.417. The Morgan fingerprint density at radius 1 is 1.32 bits per heavy atom. The molecular formula is C11H10ClFN2O3S. The zero-order chi connectivity index (χ0) is 14.0. The lowest BCUT2D eigenvalue weighted by atomic mass is 10.3. The molecule has 0 aliphatic carbocycles. The van der Waals surface area contributed by atoms with Crippen LogP contribution in [-0.4, -0.2) is 8.42 Å². The van der Waals surface area contributed by atoms with Crippen molar-refractivity contribution in [2.75, 3.05) is 4.72 Å². The summed E-state index contributed by atoms with van der Waals surface area (Å²) in [4.78, 5) is 0. The fourth-order valence-corrected chi connectivity index (χ4v) is 2.56. The molecular weight excluding hydrogens is 295 g/mol. The summed E-state index contributed by atoms with van der Waals surface area (Å²) in [5.74, 6) is -0.460. The molecule has 102 valence electrons. The molecule has 0 fully saturated rings. The molecule has 1 aromatic heterocycles. The smallest absolute Gasteiger partial charge is 0.295 e. The lowest BCUT2D eigenvalue weighted by Gasteiger charge is -2.06. The number of hydrogen-bond acceptors (Lipinski definition) is 4. The molecule has 0 radical (unpaired) electrons. The average Bonchev–Trinajstić information content (AvgIpc) is 2.82. The third-order valence-electron chi connectivity index (χ3n) is 2.28. The highest BCUT2D eigenvalue weighted by Crippen LogP contribution is 2.23. The zero-order valence-electron chi connectivity index (χ0n) is 9.56. The third-order valence-corrected chi connectivity index (χ3v) is 3.75. The molecule has 0 saturated carbocycles. The molecule has 19 heavy (non-hydrogen) atoms. The van der Waals surface area contributed by atoms with Crippen molar-refractivity contribution in [3.05, 3.63) is 46.9 Å². The molecule has 0 unspecified atom stereocenters. The fraction of sp³-hybridized carbons (Fsp3) is 0.0909. The van der Waals surface area contributed by atoms with E-state index in [4.69, 9.17) is 21.8 Å². The van der Waals surface area contributed by atoms with Crippen LogP contribution in [0, 0.1) is 5.82 Å².